The first kappa shape index (κ1) is 14.9. The molecule has 20 heavy (non-hydrogen) atoms. The molecule has 0 atom stereocenters. The largest absolute Gasteiger partial charge is 0.416 e. The SMILES string of the molecule is Fc1cc(Cl)cnc1Nc1ccc(C(F)(F)F)cc1Cl. The van der Waals surface area contributed by atoms with Gasteiger partial charge in [0.1, 0.15) is 0 Å². The topological polar surface area (TPSA) is 24.9 Å². The van der Waals surface area contributed by atoms with Gasteiger partial charge in [-0.15, -0.1) is 0 Å². The van der Waals surface area contributed by atoms with Crippen molar-refractivity contribution in [1.82, 2.24) is 4.98 Å². The van der Waals surface area contributed by atoms with E-state index in [9.17, 15) is 17.6 Å². The van der Waals surface area contributed by atoms with Gasteiger partial charge in [0.05, 0.1) is 21.3 Å². The van der Waals surface area contributed by atoms with E-state index in [4.69, 9.17) is 23.2 Å². The predicted octanol–water partition coefficient (Wildman–Crippen LogP) is 5.29. The van der Waals surface area contributed by atoms with Crippen molar-refractivity contribution in [3.05, 3.63) is 51.9 Å². The Morgan fingerprint density at radius 3 is 2.35 bits per heavy atom. The number of nitrogens with one attached hydrogen (secondary N) is 1. The van der Waals surface area contributed by atoms with Crippen LogP contribution in [0.1, 0.15) is 5.56 Å². The van der Waals surface area contributed by atoms with Crippen LogP contribution in [-0.4, -0.2) is 4.98 Å². The smallest absolute Gasteiger partial charge is 0.337 e. The zero-order valence-electron chi connectivity index (χ0n) is 9.60. The van der Waals surface area contributed by atoms with Crippen molar-refractivity contribution in [2.75, 3.05) is 5.32 Å². The Balaban J connectivity index is 2.30. The Bertz CT molecular complexity index is 644. The lowest BCUT2D eigenvalue weighted by molar-refractivity contribution is -0.137. The van der Waals surface area contributed by atoms with Crippen LogP contribution in [0.2, 0.25) is 10.0 Å². The highest BCUT2D eigenvalue weighted by atomic mass is 35.5. The molecule has 1 aromatic carbocycles. The Morgan fingerprint density at radius 2 is 1.80 bits per heavy atom. The second kappa shape index (κ2) is 5.46. The summed E-state index contributed by atoms with van der Waals surface area (Å²) in [4.78, 5) is 3.69. The molecule has 0 radical (unpaired) electrons. The normalized spacial score (nSPS) is 11.5. The monoisotopic (exact) mass is 324 g/mol. The molecule has 1 heterocycles. The minimum atomic E-state index is -4.49. The molecule has 2 rings (SSSR count). The van der Waals surface area contributed by atoms with Crippen LogP contribution < -0.4 is 5.32 Å². The molecular formula is C12H6Cl2F4N2. The van der Waals surface area contributed by atoms with Crippen molar-refractivity contribution in [2.45, 2.75) is 6.18 Å². The van der Waals surface area contributed by atoms with Gasteiger partial charge >= 0.3 is 6.18 Å². The highest BCUT2D eigenvalue weighted by molar-refractivity contribution is 6.33. The summed E-state index contributed by atoms with van der Waals surface area (Å²) in [7, 11) is 0. The van der Waals surface area contributed by atoms with Crippen LogP contribution in [0.4, 0.5) is 29.1 Å². The third-order valence-electron chi connectivity index (χ3n) is 2.36. The fraction of sp³-hybridized carbons (Fsp3) is 0.0833. The van der Waals surface area contributed by atoms with E-state index < -0.39 is 17.6 Å². The summed E-state index contributed by atoms with van der Waals surface area (Å²) in [6, 6.07) is 3.70. The number of hydrogen-bond donors (Lipinski definition) is 1. The number of aromatic nitrogens is 1. The summed E-state index contributed by atoms with van der Waals surface area (Å²) >= 11 is 11.3. The van der Waals surface area contributed by atoms with Crippen molar-refractivity contribution >= 4 is 34.7 Å². The summed E-state index contributed by atoms with van der Waals surface area (Å²) in [5.74, 6) is -0.926. The molecule has 0 bridgehead atoms. The molecule has 0 unspecified atom stereocenters. The van der Waals surface area contributed by atoms with Gasteiger partial charge in [-0.1, -0.05) is 23.2 Å². The second-order valence-electron chi connectivity index (χ2n) is 3.80. The Kier molecular flexibility index (Phi) is 4.06. The third-order valence-corrected chi connectivity index (χ3v) is 2.88. The molecule has 0 aliphatic heterocycles. The van der Waals surface area contributed by atoms with E-state index in [-0.39, 0.29) is 21.6 Å². The molecule has 2 aromatic rings. The Labute approximate surface area is 121 Å². The van der Waals surface area contributed by atoms with Crippen LogP contribution in [0, 0.1) is 5.82 Å². The average Bonchev–Trinajstić information content (AvgIpc) is 2.33. The van der Waals surface area contributed by atoms with Crippen LogP contribution in [0.15, 0.2) is 30.5 Å². The highest BCUT2D eigenvalue weighted by Gasteiger charge is 2.30. The van der Waals surface area contributed by atoms with Crippen LogP contribution >= 0.6 is 23.2 Å². The van der Waals surface area contributed by atoms with E-state index in [2.05, 4.69) is 10.3 Å². The van der Waals surface area contributed by atoms with E-state index in [1.807, 2.05) is 0 Å². The maximum absolute atomic E-state index is 13.5. The van der Waals surface area contributed by atoms with Crippen molar-refractivity contribution in [2.24, 2.45) is 0 Å². The quantitative estimate of drug-likeness (QED) is 0.759. The summed E-state index contributed by atoms with van der Waals surface area (Å²) in [6.45, 7) is 0. The number of nitrogens with zero attached hydrogens (tertiary/aromatic N) is 1. The molecule has 0 amide bonds. The molecule has 0 saturated heterocycles. The molecule has 2 nitrogen and oxygen atoms in total. The van der Waals surface area contributed by atoms with Gasteiger partial charge in [0.15, 0.2) is 11.6 Å². The van der Waals surface area contributed by atoms with Gasteiger partial charge in [0, 0.05) is 6.20 Å². The van der Waals surface area contributed by atoms with E-state index >= 15 is 0 Å². The standard InChI is InChI=1S/C12H6Cl2F4N2/c13-7-4-9(15)11(19-5-7)20-10-2-1-6(3-8(10)14)12(16,17)18/h1-5H,(H,19,20). The van der Waals surface area contributed by atoms with Crippen molar-refractivity contribution < 1.29 is 17.6 Å². The molecular weight excluding hydrogens is 319 g/mol. The predicted molar refractivity (Wildman–Crippen MR) is 68.9 cm³/mol. The molecule has 0 aliphatic carbocycles. The lowest BCUT2D eigenvalue weighted by Gasteiger charge is -2.11. The average molecular weight is 325 g/mol. The molecule has 0 saturated carbocycles. The number of pyridine rings is 1. The van der Waals surface area contributed by atoms with E-state index in [0.717, 1.165) is 24.3 Å². The zero-order valence-corrected chi connectivity index (χ0v) is 11.1. The van der Waals surface area contributed by atoms with Gasteiger partial charge in [-0.05, 0) is 24.3 Å². The first-order valence-electron chi connectivity index (χ1n) is 5.22. The zero-order chi connectivity index (χ0) is 14.9. The maximum Gasteiger partial charge on any atom is 0.416 e. The van der Waals surface area contributed by atoms with Crippen LogP contribution in [0.5, 0.6) is 0 Å². The van der Waals surface area contributed by atoms with Gasteiger partial charge in [0.2, 0.25) is 0 Å². The van der Waals surface area contributed by atoms with Crippen LogP contribution in [0.25, 0.3) is 0 Å². The number of alkyl halides is 3. The molecule has 0 aliphatic rings. The number of benzene rings is 1. The van der Waals surface area contributed by atoms with Crippen LogP contribution in [0.3, 0.4) is 0 Å². The van der Waals surface area contributed by atoms with Gasteiger partial charge in [-0.3, -0.25) is 0 Å². The third kappa shape index (κ3) is 3.32. The summed E-state index contributed by atoms with van der Waals surface area (Å²) in [5, 5.41) is 2.41. The number of halogens is 6. The van der Waals surface area contributed by atoms with Gasteiger partial charge in [0.25, 0.3) is 0 Å². The fourth-order valence-electron chi connectivity index (χ4n) is 1.43. The van der Waals surface area contributed by atoms with Gasteiger partial charge in [-0.2, -0.15) is 13.2 Å². The van der Waals surface area contributed by atoms with Crippen molar-refractivity contribution in [1.29, 1.82) is 0 Å². The first-order valence-corrected chi connectivity index (χ1v) is 5.98. The number of anilines is 2. The summed E-state index contributed by atoms with van der Waals surface area (Å²) < 4.78 is 50.9. The molecule has 0 fully saturated rings. The molecule has 1 aromatic heterocycles. The molecule has 0 spiro atoms. The Morgan fingerprint density at radius 1 is 1.10 bits per heavy atom. The summed E-state index contributed by atoms with van der Waals surface area (Å²) in [6.07, 6.45) is -3.29. The van der Waals surface area contributed by atoms with Crippen molar-refractivity contribution in [3.8, 4) is 0 Å². The van der Waals surface area contributed by atoms with E-state index in [1.54, 1.807) is 0 Å². The van der Waals surface area contributed by atoms with Gasteiger partial charge in [-0.25, -0.2) is 9.37 Å². The first-order chi connectivity index (χ1) is 9.27. The second-order valence-corrected chi connectivity index (χ2v) is 4.64. The molecule has 8 heteroatoms. The van der Waals surface area contributed by atoms with Gasteiger partial charge < -0.3 is 5.32 Å². The van der Waals surface area contributed by atoms with E-state index in [0.29, 0.717) is 0 Å². The number of hydrogen-bond acceptors (Lipinski definition) is 2. The highest BCUT2D eigenvalue weighted by Crippen LogP contribution is 2.34. The minimum Gasteiger partial charge on any atom is -0.337 e. The fourth-order valence-corrected chi connectivity index (χ4v) is 1.80. The molecule has 106 valence electrons. The Hall–Kier alpha value is -1.53. The van der Waals surface area contributed by atoms with Crippen molar-refractivity contribution in [3.63, 3.8) is 0 Å². The minimum absolute atomic E-state index is 0.103. The van der Waals surface area contributed by atoms with E-state index in [1.165, 1.54) is 6.20 Å². The summed E-state index contributed by atoms with van der Waals surface area (Å²) in [5.41, 5.74) is -0.786. The lowest BCUT2D eigenvalue weighted by Crippen LogP contribution is -2.05. The molecule has 1 N–H and O–H groups in total. The number of rotatable bonds is 2. The maximum atomic E-state index is 13.5. The lowest BCUT2D eigenvalue weighted by atomic mass is 10.2. The van der Waals surface area contributed by atoms with Crippen LogP contribution in [-0.2, 0) is 6.18 Å².